The summed E-state index contributed by atoms with van der Waals surface area (Å²) in [6.07, 6.45) is 0. The molecule has 0 aromatic heterocycles. The maximum atomic E-state index is 5.73. The Hall–Kier alpha value is -3.94. The highest BCUT2D eigenvalue weighted by molar-refractivity contribution is 6.32. The van der Waals surface area contributed by atoms with Gasteiger partial charge in [-0.15, -0.1) is 0 Å². The van der Waals surface area contributed by atoms with Crippen LogP contribution in [0, 0.1) is 30.6 Å². The van der Waals surface area contributed by atoms with E-state index in [1.807, 2.05) is 54.6 Å². The number of benzene rings is 4. The van der Waals surface area contributed by atoms with Crippen molar-refractivity contribution in [2.75, 3.05) is 0 Å². The quantitative estimate of drug-likeness (QED) is 0.313. The number of rotatable bonds is 1. The van der Waals surface area contributed by atoms with Gasteiger partial charge in [-0.2, -0.15) is 0 Å². The van der Waals surface area contributed by atoms with E-state index < -0.39 is 0 Å². The van der Waals surface area contributed by atoms with Crippen LogP contribution in [0.1, 0.15) is 27.8 Å². The zero-order valence-corrected chi connectivity index (χ0v) is 16.8. The average Bonchev–Trinajstić information content (AvgIpc) is 2.79. The van der Waals surface area contributed by atoms with Crippen LogP contribution in [0.25, 0.3) is 11.1 Å². The van der Waals surface area contributed by atoms with Crippen LogP contribution in [-0.4, -0.2) is 7.85 Å². The minimum absolute atomic E-state index is 0.748. The van der Waals surface area contributed by atoms with Gasteiger partial charge >= 0.3 is 0 Å². The van der Waals surface area contributed by atoms with E-state index in [0.717, 1.165) is 33.3 Å². The van der Waals surface area contributed by atoms with Gasteiger partial charge in [0, 0.05) is 22.3 Å². The lowest BCUT2D eigenvalue weighted by molar-refractivity contribution is 1.43. The standard InChI is InChI=1S/C29H19B/c1-22-21-28(18-17-26(22)14-9-25-12-19-29(30)20-13-25)27-15-10-24(11-16-27)8-7-23-5-3-2-4-6-23/h2-6,10-13,15-21H,1H3. The smallest absolute Gasteiger partial charge is 0.0966 e. The monoisotopic (exact) mass is 378 g/mol. The second-order valence-electron chi connectivity index (χ2n) is 7.10. The molecule has 0 aliphatic heterocycles. The molecule has 30 heavy (non-hydrogen) atoms. The van der Waals surface area contributed by atoms with Crippen LogP contribution in [-0.2, 0) is 0 Å². The normalized spacial score (nSPS) is 9.77. The summed E-state index contributed by atoms with van der Waals surface area (Å²) in [5.41, 5.74) is 8.26. The summed E-state index contributed by atoms with van der Waals surface area (Å²) in [5.74, 6) is 12.9. The highest BCUT2D eigenvalue weighted by atomic mass is 14.1. The summed E-state index contributed by atoms with van der Waals surface area (Å²) in [4.78, 5) is 0. The van der Waals surface area contributed by atoms with Crippen molar-refractivity contribution in [3.05, 3.63) is 125 Å². The Morgan fingerprint density at radius 3 is 1.70 bits per heavy atom. The van der Waals surface area contributed by atoms with Gasteiger partial charge in [0.15, 0.2) is 0 Å². The molecular weight excluding hydrogens is 359 g/mol. The van der Waals surface area contributed by atoms with E-state index in [9.17, 15) is 0 Å². The molecule has 0 saturated heterocycles. The highest BCUT2D eigenvalue weighted by Gasteiger charge is 2.01. The molecule has 0 saturated carbocycles. The molecule has 0 nitrogen and oxygen atoms in total. The predicted molar refractivity (Wildman–Crippen MR) is 127 cm³/mol. The van der Waals surface area contributed by atoms with Crippen LogP contribution in [0.15, 0.2) is 97.1 Å². The summed E-state index contributed by atoms with van der Waals surface area (Å²) in [5, 5.41) is 0. The van der Waals surface area contributed by atoms with Crippen LogP contribution in [0.4, 0.5) is 0 Å². The molecule has 0 unspecified atom stereocenters. The zero-order chi connectivity index (χ0) is 20.8. The second-order valence-corrected chi connectivity index (χ2v) is 7.10. The molecular formula is C29H19B. The lowest BCUT2D eigenvalue weighted by atomic mass is 9.95. The van der Waals surface area contributed by atoms with Crippen molar-refractivity contribution in [1.82, 2.24) is 0 Å². The fourth-order valence-corrected chi connectivity index (χ4v) is 3.10. The maximum Gasteiger partial charge on any atom is 0.113 e. The topological polar surface area (TPSA) is 0 Å². The predicted octanol–water partition coefficient (Wildman–Crippen LogP) is 5.26. The summed E-state index contributed by atoms with van der Waals surface area (Å²) in [6.45, 7) is 2.09. The highest BCUT2D eigenvalue weighted by Crippen LogP contribution is 2.22. The first kappa shape index (κ1) is 19.4. The Bertz CT molecular complexity index is 1270. The summed E-state index contributed by atoms with van der Waals surface area (Å²) in [6, 6.07) is 32.4. The third kappa shape index (κ3) is 4.91. The van der Waals surface area contributed by atoms with E-state index in [0.29, 0.717) is 0 Å². The van der Waals surface area contributed by atoms with Gasteiger partial charge in [0.25, 0.3) is 0 Å². The molecule has 4 aromatic rings. The molecule has 0 atom stereocenters. The molecule has 0 amide bonds. The number of hydrogen-bond acceptors (Lipinski definition) is 0. The molecule has 0 spiro atoms. The fraction of sp³-hybridized carbons (Fsp3) is 0.0345. The first-order valence-electron chi connectivity index (χ1n) is 9.83. The molecule has 0 bridgehead atoms. The Labute approximate surface area is 180 Å². The molecule has 0 aliphatic rings. The van der Waals surface area contributed by atoms with E-state index >= 15 is 0 Å². The van der Waals surface area contributed by atoms with Gasteiger partial charge in [-0.3, -0.25) is 0 Å². The average molecular weight is 378 g/mol. The summed E-state index contributed by atoms with van der Waals surface area (Å²) in [7, 11) is 5.73. The van der Waals surface area contributed by atoms with Gasteiger partial charge in [0.2, 0.25) is 0 Å². The van der Waals surface area contributed by atoms with Crippen molar-refractivity contribution in [2.24, 2.45) is 0 Å². The van der Waals surface area contributed by atoms with Crippen molar-refractivity contribution in [1.29, 1.82) is 0 Å². The molecule has 0 aliphatic carbocycles. The first-order chi connectivity index (χ1) is 14.7. The van der Waals surface area contributed by atoms with E-state index in [-0.39, 0.29) is 0 Å². The minimum Gasteiger partial charge on any atom is -0.0966 e. The number of aryl methyl sites for hydroxylation is 1. The number of hydrogen-bond donors (Lipinski definition) is 0. The van der Waals surface area contributed by atoms with E-state index in [2.05, 4.69) is 73.1 Å². The molecule has 1 heteroatoms. The van der Waals surface area contributed by atoms with Crippen molar-refractivity contribution in [3.63, 3.8) is 0 Å². The van der Waals surface area contributed by atoms with Crippen molar-refractivity contribution in [3.8, 4) is 34.8 Å². The maximum absolute atomic E-state index is 5.73. The van der Waals surface area contributed by atoms with Gasteiger partial charge in [-0.1, -0.05) is 83.7 Å². The fourth-order valence-electron chi connectivity index (χ4n) is 3.10. The Kier molecular flexibility index (Phi) is 5.84. The second kappa shape index (κ2) is 9.04. The molecule has 0 fully saturated rings. The Balaban J connectivity index is 1.52. The van der Waals surface area contributed by atoms with Crippen molar-refractivity contribution < 1.29 is 0 Å². The summed E-state index contributed by atoms with van der Waals surface area (Å²) < 4.78 is 0. The van der Waals surface area contributed by atoms with E-state index in [1.54, 1.807) is 0 Å². The van der Waals surface area contributed by atoms with E-state index in [4.69, 9.17) is 7.85 Å². The summed E-state index contributed by atoms with van der Waals surface area (Å²) >= 11 is 0. The molecule has 2 radical (unpaired) electrons. The van der Waals surface area contributed by atoms with Crippen LogP contribution in [0.3, 0.4) is 0 Å². The van der Waals surface area contributed by atoms with Gasteiger partial charge in [0.05, 0.1) is 0 Å². The minimum atomic E-state index is 0.748. The van der Waals surface area contributed by atoms with E-state index in [1.165, 1.54) is 11.1 Å². The van der Waals surface area contributed by atoms with Gasteiger partial charge in [-0.25, -0.2) is 0 Å². The Morgan fingerprint density at radius 1 is 0.533 bits per heavy atom. The van der Waals surface area contributed by atoms with Gasteiger partial charge in [0.1, 0.15) is 7.85 Å². The SMILES string of the molecule is [B]c1ccc(C#Cc2ccc(-c3ccc(C#Cc4ccccc4)cc3)cc2C)cc1. The van der Waals surface area contributed by atoms with Crippen molar-refractivity contribution in [2.45, 2.75) is 6.92 Å². The first-order valence-corrected chi connectivity index (χ1v) is 9.83. The van der Waals surface area contributed by atoms with Crippen LogP contribution >= 0.6 is 0 Å². The van der Waals surface area contributed by atoms with Crippen LogP contribution < -0.4 is 5.46 Å². The van der Waals surface area contributed by atoms with Gasteiger partial charge < -0.3 is 0 Å². The van der Waals surface area contributed by atoms with Crippen LogP contribution in [0.5, 0.6) is 0 Å². The molecule has 0 heterocycles. The molecule has 4 rings (SSSR count). The lowest BCUT2D eigenvalue weighted by Crippen LogP contribution is -1.99. The lowest BCUT2D eigenvalue weighted by Gasteiger charge is -2.05. The molecule has 138 valence electrons. The molecule has 4 aromatic carbocycles. The third-order valence-electron chi connectivity index (χ3n) is 4.82. The zero-order valence-electron chi connectivity index (χ0n) is 16.8. The van der Waals surface area contributed by atoms with Gasteiger partial charge in [-0.05, 0) is 66.1 Å². The third-order valence-corrected chi connectivity index (χ3v) is 4.82. The molecule has 0 N–H and O–H groups in total. The largest absolute Gasteiger partial charge is 0.113 e. The Morgan fingerprint density at radius 2 is 1.07 bits per heavy atom. The van der Waals surface area contributed by atoms with Crippen molar-refractivity contribution >= 4 is 13.3 Å². The van der Waals surface area contributed by atoms with Crippen LogP contribution in [0.2, 0.25) is 0 Å².